The molecule has 0 aliphatic rings. The van der Waals surface area contributed by atoms with E-state index in [9.17, 15) is 5.11 Å². The Morgan fingerprint density at radius 2 is 1.89 bits per heavy atom. The van der Waals surface area contributed by atoms with Crippen LogP contribution in [0.4, 0.5) is 5.69 Å². The Bertz CT molecular complexity index is 558. The van der Waals surface area contributed by atoms with Crippen LogP contribution in [0.25, 0.3) is 0 Å². The Morgan fingerprint density at radius 3 is 2.47 bits per heavy atom. The van der Waals surface area contributed by atoms with E-state index in [2.05, 4.69) is 43.8 Å². The Morgan fingerprint density at radius 1 is 1.21 bits per heavy atom. The Balaban J connectivity index is 2.29. The van der Waals surface area contributed by atoms with Crippen molar-refractivity contribution in [1.29, 1.82) is 0 Å². The molecule has 0 aliphatic heterocycles. The lowest BCUT2D eigenvalue weighted by Crippen LogP contribution is -2.35. The second kappa shape index (κ2) is 6.24. The monoisotopic (exact) mass is 431 g/mol. The van der Waals surface area contributed by atoms with Crippen molar-refractivity contribution >= 4 is 44.2 Å². The Kier molecular flexibility index (Phi) is 4.86. The highest BCUT2D eigenvalue weighted by Crippen LogP contribution is 2.27. The molecule has 0 amide bonds. The Labute approximate surface area is 135 Å². The molecule has 2 aromatic rings. The van der Waals surface area contributed by atoms with Gasteiger partial charge in [0.1, 0.15) is 0 Å². The number of anilines is 1. The van der Waals surface area contributed by atoms with Crippen LogP contribution in [0.3, 0.4) is 0 Å². The van der Waals surface area contributed by atoms with Crippen molar-refractivity contribution in [2.24, 2.45) is 0 Å². The molecule has 0 heterocycles. The summed E-state index contributed by atoms with van der Waals surface area (Å²) in [5.74, 6) is 0. The van der Waals surface area contributed by atoms with Crippen molar-refractivity contribution in [3.8, 4) is 0 Å². The fraction of sp³-hybridized carbons (Fsp3) is 0.200. The molecule has 2 rings (SSSR count). The number of hydrogen-bond donors (Lipinski definition) is 2. The van der Waals surface area contributed by atoms with Gasteiger partial charge in [-0.05, 0) is 65.4 Å². The zero-order valence-electron chi connectivity index (χ0n) is 10.5. The average molecular weight is 432 g/mol. The van der Waals surface area contributed by atoms with Gasteiger partial charge in [-0.25, -0.2) is 0 Å². The highest BCUT2D eigenvalue weighted by molar-refractivity contribution is 14.1. The molecule has 1 unspecified atom stereocenters. The molecule has 2 N–H and O–H groups in total. The third-order valence-electron chi connectivity index (χ3n) is 3.04. The molecule has 0 spiro atoms. The molecule has 100 valence electrons. The molecule has 0 radical (unpaired) electrons. The van der Waals surface area contributed by atoms with Gasteiger partial charge in [-0.2, -0.15) is 0 Å². The quantitative estimate of drug-likeness (QED) is 0.704. The molecule has 1 atom stereocenters. The predicted molar refractivity (Wildman–Crippen MR) is 91.4 cm³/mol. The van der Waals surface area contributed by atoms with E-state index in [-0.39, 0.29) is 6.61 Å². The summed E-state index contributed by atoms with van der Waals surface area (Å²) in [6.45, 7) is 2.02. The molecular formula is C15H15BrINO. The fourth-order valence-corrected chi connectivity index (χ4v) is 2.66. The average Bonchev–Trinajstić information content (AvgIpc) is 2.39. The van der Waals surface area contributed by atoms with Gasteiger partial charge in [-0.3, -0.25) is 0 Å². The SMILES string of the molecule is CC(CO)(Nc1cccc(Br)c1)c1ccc(I)cc1. The van der Waals surface area contributed by atoms with Crippen LogP contribution in [0.5, 0.6) is 0 Å². The molecule has 2 aromatic carbocycles. The molecular weight excluding hydrogens is 417 g/mol. The van der Waals surface area contributed by atoms with E-state index in [4.69, 9.17) is 0 Å². The van der Waals surface area contributed by atoms with Crippen LogP contribution in [0, 0.1) is 3.57 Å². The largest absolute Gasteiger partial charge is 0.394 e. The van der Waals surface area contributed by atoms with Crippen LogP contribution in [-0.2, 0) is 5.54 Å². The van der Waals surface area contributed by atoms with Gasteiger partial charge >= 0.3 is 0 Å². The summed E-state index contributed by atoms with van der Waals surface area (Å²) in [4.78, 5) is 0. The van der Waals surface area contributed by atoms with Crippen LogP contribution >= 0.6 is 38.5 Å². The van der Waals surface area contributed by atoms with Gasteiger partial charge in [0.05, 0.1) is 12.1 Å². The lowest BCUT2D eigenvalue weighted by Gasteiger charge is -2.30. The van der Waals surface area contributed by atoms with Crippen LogP contribution in [0.2, 0.25) is 0 Å². The number of nitrogens with one attached hydrogen (secondary N) is 1. The first-order chi connectivity index (χ1) is 9.03. The first kappa shape index (κ1) is 14.8. The normalized spacial score (nSPS) is 13.9. The zero-order valence-corrected chi connectivity index (χ0v) is 14.3. The Hall–Kier alpha value is -0.590. The lowest BCUT2D eigenvalue weighted by molar-refractivity contribution is 0.224. The van der Waals surface area contributed by atoms with Gasteiger partial charge in [0.2, 0.25) is 0 Å². The molecule has 19 heavy (non-hydrogen) atoms. The molecule has 0 saturated carbocycles. The van der Waals surface area contributed by atoms with Crippen LogP contribution in [-0.4, -0.2) is 11.7 Å². The van der Waals surface area contributed by atoms with Gasteiger partial charge in [-0.15, -0.1) is 0 Å². The summed E-state index contributed by atoms with van der Waals surface area (Å²) < 4.78 is 2.20. The zero-order chi connectivity index (χ0) is 13.9. The summed E-state index contributed by atoms with van der Waals surface area (Å²) in [5, 5.41) is 13.2. The second-order valence-electron chi connectivity index (χ2n) is 4.63. The highest BCUT2D eigenvalue weighted by atomic mass is 127. The molecule has 0 bridgehead atoms. The number of hydrogen-bond acceptors (Lipinski definition) is 2. The standard InChI is InChI=1S/C15H15BrINO/c1-15(10-19,11-5-7-13(17)8-6-11)18-14-4-2-3-12(16)9-14/h2-9,18-19H,10H2,1H3. The summed E-state index contributed by atoms with van der Waals surface area (Å²) in [6, 6.07) is 16.1. The van der Waals surface area contributed by atoms with Gasteiger partial charge in [0.25, 0.3) is 0 Å². The van der Waals surface area contributed by atoms with E-state index in [1.807, 2.05) is 55.5 Å². The van der Waals surface area contributed by atoms with Crippen LogP contribution in [0.1, 0.15) is 12.5 Å². The van der Waals surface area contributed by atoms with Crippen molar-refractivity contribution in [2.45, 2.75) is 12.5 Å². The lowest BCUT2D eigenvalue weighted by atomic mass is 9.92. The van der Waals surface area contributed by atoms with E-state index in [0.29, 0.717) is 0 Å². The first-order valence-electron chi connectivity index (χ1n) is 5.94. The molecule has 0 saturated heterocycles. The van der Waals surface area contributed by atoms with E-state index < -0.39 is 5.54 Å². The maximum absolute atomic E-state index is 9.76. The minimum atomic E-state index is -0.495. The minimum absolute atomic E-state index is 0.0279. The molecule has 0 aliphatic carbocycles. The second-order valence-corrected chi connectivity index (χ2v) is 6.79. The highest BCUT2D eigenvalue weighted by Gasteiger charge is 2.25. The molecule has 0 fully saturated rings. The third kappa shape index (κ3) is 3.70. The van der Waals surface area contributed by atoms with Crippen LogP contribution < -0.4 is 5.32 Å². The molecule has 0 aromatic heterocycles. The number of aliphatic hydroxyl groups excluding tert-OH is 1. The van der Waals surface area contributed by atoms with E-state index in [1.54, 1.807) is 0 Å². The molecule has 4 heteroatoms. The number of rotatable bonds is 4. The maximum atomic E-state index is 9.76. The van der Waals surface area contributed by atoms with Gasteiger partial charge < -0.3 is 10.4 Å². The molecule has 2 nitrogen and oxygen atoms in total. The summed E-state index contributed by atoms with van der Waals surface area (Å²) in [6.07, 6.45) is 0. The van der Waals surface area contributed by atoms with Crippen molar-refractivity contribution in [2.75, 3.05) is 11.9 Å². The van der Waals surface area contributed by atoms with Crippen molar-refractivity contribution in [1.82, 2.24) is 0 Å². The fourth-order valence-electron chi connectivity index (χ4n) is 1.91. The smallest absolute Gasteiger partial charge is 0.0828 e. The predicted octanol–water partition coefficient (Wildman–Crippen LogP) is 4.37. The van der Waals surface area contributed by atoms with Gasteiger partial charge in [0.15, 0.2) is 0 Å². The summed E-state index contributed by atoms with van der Waals surface area (Å²) in [5.41, 5.74) is 1.55. The van der Waals surface area contributed by atoms with Crippen molar-refractivity contribution < 1.29 is 5.11 Å². The summed E-state index contributed by atoms with van der Waals surface area (Å²) in [7, 11) is 0. The van der Waals surface area contributed by atoms with E-state index >= 15 is 0 Å². The third-order valence-corrected chi connectivity index (χ3v) is 4.25. The van der Waals surface area contributed by atoms with E-state index in [0.717, 1.165) is 15.7 Å². The number of halogens is 2. The first-order valence-corrected chi connectivity index (χ1v) is 7.81. The topological polar surface area (TPSA) is 32.3 Å². The van der Waals surface area contributed by atoms with Gasteiger partial charge in [0, 0.05) is 13.7 Å². The minimum Gasteiger partial charge on any atom is -0.394 e. The van der Waals surface area contributed by atoms with Crippen molar-refractivity contribution in [3.63, 3.8) is 0 Å². The van der Waals surface area contributed by atoms with Gasteiger partial charge in [-0.1, -0.05) is 34.1 Å². The van der Waals surface area contributed by atoms with E-state index in [1.165, 1.54) is 3.57 Å². The summed E-state index contributed by atoms with van der Waals surface area (Å²) >= 11 is 5.73. The van der Waals surface area contributed by atoms with Crippen LogP contribution in [0.15, 0.2) is 53.0 Å². The number of aliphatic hydroxyl groups is 1. The van der Waals surface area contributed by atoms with Crippen molar-refractivity contribution in [3.05, 3.63) is 62.1 Å². The number of benzene rings is 2. The maximum Gasteiger partial charge on any atom is 0.0828 e.